The molecule has 51 heavy (non-hydrogen) atoms. The summed E-state index contributed by atoms with van der Waals surface area (Å²) in [5, 5.41) is 8.32. The molecule has 7 aliphatic carbocycles. The molecule has 10 aliphatic rings. The Morgan fingerprint density at radius 2 is 1.65 bits per heavy atom. The number of fused-ring (bicyclic) bond motifs is 3. The second-order valence-electron chi connectivity index (χ2n) is 17.4. The molecule has 6 unspecified atom stereocenters. The molecule has 264 valence electrons. The van der Waals surface area contributed by atoms with Gasteiger partial charge in [-0.25, -0.2) is 0 Å². The summed E-state index contributed by atoms with van der Waals surface area (Å²) >= 11 is 0. The van der Waals surface area contributed by atoms with E-state index in [-0.39, 0.29) is 0 Å². The Labute approximate surface area is 306 Å². The minimum atomic E-state index is 0.353. The van der Waals surface area contributed by atoms with Gasteiger partial charge in [-0.1, -0.05) is 90.6 Å². The maximum absolute atomic E-state index is 4.20. The first-order valence-corrected chi connectivity index (χ1v) is 20.8. The van der Waals surface area contributed by atoms with Crippen LogP contribution >= 0.6 is 0 Å². The Morgan fingerprint density at radius 1 is 0.725 bits per heavy atom. The Balaban J connectivity index is 1.04. The molecule has 3 heteroatoms. The van der Waals surface area contributed by atoms with Crippen LogP contribution in [0.4, 0.5) is 0 Å². The van der Waals surface area contributed by atoms with E-state index in [0.717, 1.165) is 31.6 Å². The maximum atomic E-state index is 4.20. The Bertz CT molecular complexity index is 1800. The highest BCUT2D eigenvalue weighted by Gasteiger charge is 2.53. The quantitative estimate of drug-likeness (QED) is 0.334. The van der Waals surface area contributed by atoms with Gasteiger partial charge in [-0.2, -0.15) is 0 Å². The second-order valence-corrected chi connectivity index (χ2v) is 17.4. The first-order chi connectivity index (χ1) is 25.2. The molecule has 2 saturated carbocycles. The van der Waals surface area contributed by atoms with Crippen LogP contribution < -0.4 is 10.6 Å². The minimum absolute atomic E-state index is 0.353. The lowest BCUT2D eigenvalue weighted by Gasteiger charge is -2.52. The van der Waals surface area contributed by atoms with E-state index >= 15 is 0 Å². The summed E-state index contributed by atoms with van der Waals surface area (Å²) in [4.78, 5) is 3.02. The molecular formula is C48H57N3. The number of nitrogens with zero attached hydrogens (tertiary/aromatic N) is 1. The molecule has 3 nitrogen and oxygen atoms in total. The van der Waals surface area contributed by atoms with Crippen molar-refractivity contribution in [3.05, 3.63) is 136 Å². The van der Waals surface area contributed by atoms with E-state index < -0.39 is 0 Å². The van der Waals surface area contributed by atoms with E-state index in [1.807, 2.05) is 0 Å². The van der Waals surface area contributed by atoms with Crippen molar-refractivity contribution in [1.82, 2.24) is 15.5 Å². The van der Waals surface area contributed by atoms with Crippen LogP contribution in [0.5, 0.6) is 0 Å². The van der Waals surface area contributed by atoms with Crippen molar-refractivity contribution in [3.63, 3.8) is 0 Å². The van der Waals surface area contributed by atoms with E-state index in [0.29, 0.717) is 41.5 Å². The van der Waals surface area contributed by atoms with E-state index in [4.69, 9.17) is 0 Å². The van der Waals surface area contributed by atoms with Crippen LogP contribution in [-0.2, 0) is 0 Å². The fraction of sp³-hybridized carbons (Fsp3) is 0.500. The van der Waals surface area contributed by atoms with Gasteiger partial charge in [-0.05, 0) is 148 Å². The lowest BCUT2D eigenvalue weighted by molar-refractivity contribution is 0.0482. The zero-order valence-corrected chi connectivity index (χ0v) is 30.5. The van der Waals surface area contributed by atoms with Crippen LogP contribution in [0.25, 0.3) is 5.57 Å². The van der Waals surface area contributed by atoms with Gasteiger partial charge in [0.15, 0.2) is 0 Å². The Kier molecular flexibility index (Phi) is 8.47. The molecular weight excluding hydrogens is 619 g/mol. The third kappa shape index (κ3) is 5.92. The largest absolute Gasteiger partial charge is 0.382 e. The normalized spacial score (nSPS) is 37.1. The highest BCUT2D eigenvalue weighted by molar-refractivity contribution is 5.68. The summed E-state index contributed by atoms with van der Waals surface area (Å²) in [6.07, 6.45) is 47.5. The van der Waals surface area contributed by atoms with Gasteiger partial charge >= 0.3 is 0 Å². The predicted molar refractivity (Wildman–Crippen MR) is 212 cm³/mol. The van der Waals surface area contributed by atoms with Crippen molar-refractivity contribution in [2.75, 3.05) is 0 Å². The molecule has 0 spiro atoms. The average molecular weight is 676 g/mol. The number of hydrogen-bond donors (Lipinski definition) is 2. The summed E-state index contributed by atoms with van der Waals surface area (Å²) in [6, 6.07) is 13.7. The van der Waals surface area contributed by atoms with Gasteiger partial charge in [-0.3, -0.25) is 0 Å². The molecule has 3 aliphatic heterocycles. The summed E-state index contributed by atoms with van der Waals surface area (Å²) in [6.45, 7) is 0. The average Bonchev–Trinajstić information content (AvgIpc) is 3.52. The summed E-state index contributed by atoms with van der Waals surface area (Å²) in [5.41, 5.74) is 13.0. The van der Waals surface area contributed by atoms with Gasteiger partial charge in [0.1, 0.15) is 0 Å². The van der Waals surface area contributed by atoms with Crippen LogP contribution in [0.15, 0.2) is 131 Å². The highest BCUT2D eigenvalue weighted by Crippen LogP contribution is 2.59. The topological polar surface area (TPSA) is 27.3 Å². The third-order valence-corrected chi connectivity index (χ3v) is 14.8. The van der Waals surface area contributed by atoms with Crippen LogP contribution in [0.1, 0.15) is 108 Å². The smallest absolute Gasteiger partial charge is 0.0563 e. The molecule has 1 saturated heterocycles. The number of allylic oxidation sites excluding steroid dienone is 13. The zero-order chi connectivity index (χ0) is 33.8. The van der Waals surface area contributed by atoms with Crippen LogP contribution in [0, 0.1) is 17.3 Å². The first kappa shape index (κ1) is 32.1. The highest BCUT2D eigenvalue weighted by atomic mass is 15.2. The maximum Gasteiger partial charge on any atom is 0.0563 e. The van der Waals surface area contributed by atoms with E-state index in [1.54, 1.807) is 28.0 Å². The van der Waals surface area contributed by atoms with Crippen molar-refractivity contribution in [1.29, 1.82) is 0 Å². The van der Waals surface area contributed by atoms with Crippen LogP contribution in [-0.4, -0.2) is 35.1 Å². The van der Waals surface area contributed by atoms with Crippen molar-refractivity contribution < 1.29 is 0 Å². The lowest BCUT2D eigenvalue weighted by atomic mass is 9.55. The number of rotatable bonds is 3. The lowest BCUT2D eigenvalue weighted by Crippen LogP contribution is -2.48. The molecule has 0 aromatic heterocycles. The van der Waals surface area contributed by atoms with Gasteiger partial charge in [0.05, 0.1) is 6.04 Å². The van der Waals surface area contributed by atoms with E-state index in [1.165, 1.54) is 93.9 Å². The number of nitrogens with one attached hydrogen (secondary N) is 2. The monoisotopic (exact) mass is 675 g/mol. The Morgan fingerprint density at radius 3 is 2.49 bits per heavy atom. The first-order valence-electron chi connectivity index (χ1n) is 20.8. The second kappa shape index (κ2) is 13.4. The fourth-order valence-electron chi connectivity index (χ4n) is 12.3. The summed E-state index contributed by atoms with van der Waals surface area (Å²) in [7, 11) is 0. The van der Waals surface area contributed by atoms with Crippen LogP contribution in [0.3, 0.4) is 0 Å². The van der Waals surface area contributed by atoms with Crippen molar-refractivity contribution in [3.8, 4) is 0 Å². The van der Waals surface area contributed by atoms with Gasteiger partial charge in [-0.15, -0.1) is 0 Å². The molecule has 2 N–H and O–H groups in total. The molecule has 1 aromatic carbocycles. The Hall–Kier alpha value is -3.56. The molecule has 3 heterocycles. The minimum Gasteiger partial charge on any atom is -0.382 e. The fourth-order valence-corrected chi connectivity index (χ4v) is 12.3. The van der Waals surface area contributed by atoms with Gasteiger partial charge < -0.3 is 15.5 Å². The van der Waals surface area contributed by atoms with Crippen molar-refractivity contribution >= 4 is 5.57 Å². The molecule has 10 bridgehead atoms. The summed E-state index contributed by atoms with van der Waals surface area (Å²) in [5.74, 6) is 1.45. The standard InChI is InChI=1S/C48H57N3/c1-3-9-33(10-4-1)34-17-21-43(22-18-34)51-46-31-38-19-23-44(46)45-24-20-42(32-47(45)51)50-41-16-8-12-36(30-41)35-11-7-15-40(29-35)49-39-25-27-48(38,28-26-39)37-13-5-2-6-14-37/h1-5,7,9-11,13,15,17,20-21,24,30,38-41,44,46-47,49-50H,6,8,12,14,16,18-19,22-23,25-29,31-32H2. The zero-order valence-electron chi connectivity index (χ0n) is 30.5. The predicted octanol–water partition coefficient (Wildman–Crippen LogP) is 10.6. The molecule has 6 atom stereocenters. The SMILES string of the molecule is C1=CCCC(C23CCC(CC2)NC2C=CC=C(C2)C2=CC(CCC2)NC2=CC=C4C5CCC3CC5N(C3=CC=C(c5ccccc5)CC3)C4C2)=C1. The van der Waals surface area contributed by atoms with Crippen molar-refractivity contribution in [2.24, 2.45) is 17.3 Å². The van der Waals surface area contributed by atoms with E-state index in [9.17, 15) is 0 Å². The summed E-state index contributed by atoms with van der Waals surface area (Å²) < 4.78 is 0. The molecule has 3 fully saturated rings. The molecule has 0 amide bonds. The number of hydrogen-bond acceptors (Lipinski definition) is 3. The number of benzene rings is 1. The van der Waals surface area contributed by atoms with Crippen molar-refractivity contribution in [2.45, 2.75) is 133 Å². The third-order valence-electron chi connectivity index (χ3n) is 14.8. The van der Waals surface area contributed by atoms with Gasteiger partial charge in [0, 0.05) is 47.9 Å². The molecule has 1 aromatic rings. The van der Waals surface area contributed by atoms with Gasteiger partial charge in [0.25, 0.3) is 0 Å². The van der Waals surface area contributed by atoms with E-state index in [2.05, 4.69) is 113 Å². The molecule has 11 rings (SSSR count). The van der Waals surface area contributed by atoms with Crippen LogP contribution in [0.2, 0.25) is 0 Å². The van der Waals surface area contributed by atoms with Gasteiger partial charge in [0.2, 0.25) is 0 Å². The molecule has 0 radical (unpaired) electrons.